The lowest BCUT2D eigenvalue weighted by atomic mass is 10.0. The van der Waals surface area contributed by atoms with E-state index < -0.39 is 0 Å². The zero-order valence-corrected chi connectivity index (χ0v) is 8.66. The van der Waals surface area contributed by atoms with Crippen molar-refractivity contribution < 1.29 is 4.79 Å². The van der Waals surface area contributed by atoms with Crippen LogP contribution in [0.1, 0.15) is 34.8 Å². The number of carbonyl (C=O) groups excluding carboxylic acids is 1. The lowest BCUT2D eigenvalue weighted by Gasteiger charge is -2.13. The molecule has 0 fully saturated rings. The van der Waals surface area contributed by atoms with Crippen LogP contribution in [0.3, 0.4) is 0 Å². The monoisotopic (exact) mass is 200 g/mol. The Hall–Kier alpha value is -1.82. The molecule has 0 unspecified atom stereocenters. The van der Waals surface area contributed by atoms with E-state index in [-0.39, 0.29) is 5.91 Å². The summed E-state index contributed by atoms with van der Waals surface area (Å²) in [4.78, 5) is 13.7. The molecule has 15 heavy (non-hydrogen) atoms. The summed E-state index contributed by atoms with van der Waals surface area (Å²) in [7, 11) is 0. The first kappa shape index (κ1) is 9.72. The molecule has 1 aromatic rings. The molecule has 0 N–H and O–H groups in total. The minimum absolute atomic E-state index is 0.00370. The Bertz CT molecular complexity index is 445. The van der Waals surface area contributed by atoms with Gasteiger partial charge < -0.3 is 4.90 Å². The largest absolute Gasteiger partial charge is 0.334 e. The predicted octanol–water partition coefficient (Wildman–Crippen LogP) is 1.92. The topological polar surface area (TPSA) is 44.1 Å². The second kappa shape index (κ2) is 3.74. The number of rotatable bonds is 2. The molecule has 3 nitrogen and oxygen atoms in total. The van der Waals surface area contributed by atoms with E-state index >= 15 is 0 Å². The van der Waals surface area contributed by atoms with Crippen molar-refractivity contribution in [3.63, 3.8) is 0 Å². The van der Waals surface area contributed by atoms with E-state index in [0.29, 0.717) is 17.7 Å². The molecule has 0 saturated heterocycles. The highest BCUT2D eigenvalue weighted by Gasteiger charge is 2.28. The minimum Gasteiger partial charge on any atom is -0.334 e. The molecule has 1 aliphatic heterocycles. The van der Waals surface area contributed by atoms with Crippen molar-refractivity contribution in [1.82, 2.24) is 4.90 Å². The third-order valence-electron chi connectivity index (χ3n) is 2.63. The number of hydrogen-bond acceptors (Lipinski definition) is 2. The Morgan fingerprint density at radius 2 is 2.33 bits per heavy atom. The zero-order chi connectivity index (χ0) is 10.8. The Morgan fingerprint density at radius 3 is 3.00 bits per heavy atom. The third-order valence-corrected chi connectivity index (χ3v) is 2.63. The molecule has 0 radical (unpaired) electrons. The maximum atomic E-state index is 11.9. The van der Waals surface area contributed by atoms with Gasteiger partial charge in [0.2, 0.25) is 0 Å². The summed E-state index contributed by atoms with van der Waals surface area (Å²) < 4.78 is 0. The van der Waals surface area contributed by atoms with Crippen molar-refractivity contribution in [2.75, 3.05) is 6.54 Å². The lowest BCUT2D eigenvalue weighted by Crippen LogP contribution is -2.24. The Balaban J connectivity index is 2.42. The molecule has 2 rings (SSSR count). The summed E-state index contributed by atoms with van der Waals surface area (Å²) in [6.45, 7) is 3.46. The Labute approximate surface area is 88.9 Å². The predicted molar refractivity (Wildman–Crippen MR) is 56.2 cm³/mol. The van der Waals surface area contributed by atoms with Crippen LogP contribution >= 0.6 is 0 Å². The van der Waals surface area contributed by atoms with Crippen molar-refractivity contribution in [1.29, 1.82) is 5.26 Å². The van der Waals surface area contributed by atoms with Crippen LogP contribution in [0.4, 0.5) is 0 Å². The van der Waals surface area contributed by atoms with Crippen LogP contribution in [-0.2, 0) is 6.54 Å². The van der Waals surface area contributed by atoms with Gasteiger partial charge in [-0.15, -0.1) is 0 Å². The maximum absolute atomic E-state index is 11.9. The van der Waals surface area contributed by atoms with Crippen molar-refractivity contribution in [2.24, 2.45) is 0 Å². The lowest BCUT2D eigenvalue weighted by molar-refractivity contribution is 0.0778. The Morgan fingerprint density at radius 1 is 1.53 bits per heavy atom. The molecule has 3 heteroatoms. The second-order valence-electron chi connectivity index (χ2n) is 3.68. The number of nitrogens with zero attached hydrogens (tertiary/aromatic N) is 2. The summed E-state index contributed by atoms with van der Waals surface area (Å²) in [6, 6.07) is 7.53. The zero-order valence-electron chi connectivity index (χ0n) is 8.66. The number of carbonyl (C=O) groups is 1. The molecule has 76 valence electrons. The molecule has 0 saturated carbocycles. The number of benzene rings is 1. The number of fused-ring (bicyclic) bond motifs is 1. The summed E-state index contributed by atoms with van der Waals surface area (Å²) in [6.07, 6.45) is 0.946. The number of amides is 1. The van der Waals surface area contributed by atoms with Gasteiger partial charge in [-0.3, -0.25) is 4.79 Å². The molecule has 1 amide bonds. The van der Waals surface area contributed by atoms with E-state index in [1.165, 1.54) is 0 Å². The first-order chi connectivity index (χ1) is 7.27. The van der Waals surface area contributed by atoms with Gasteiger partial charge in [0.1, 0.15) is 0 Å². The highest BCUT2D eigenvalue weighted by molar-refractivity contribution is 6.00. The molecule has 0 spiro atoms. The molecular formula is C12H12N2O. The summed E-state index contributed by atoms with van der Waals surface area (Å²) in [5.41, 5.74) is 2.08. The van der Waals surface area contributed by atoms with Gasteiger partial charge in [-0.1, -0.05) is 19.1 Å². The van der Waals surface area contributed by atoms with E-state index in [1.807, 2.05) is 19.1 Å². The maximum Gasteiger partial charge on any atom is 0.255 e. The molecule has 1 aliphatic rings. The quantitative estimate of drug-likeness (QED) is 0.732. The SMILES string of the molecule is CCCN1Cc2cccc(C#N)c2C1=O. The van der Waals surface area contributed by atoms with E-state index in [4.69, 9.17) is 5.26 Å². The van der Waals surface area contributed by atoms with Crippen LogP contribution in [0.25, 0.3) is 0 Å². The van der Waals surface area contributed by atoms with Gasteiger partial charge in [0, 0.05) is 13.1 Å². The van der Waals surface area contributed by atoms with Gasteiger partial charge in [-0.05, 0) is 18.1 Å². The van der Waals surface area contributed by atoms with Gasteiger partial charge in [0.05, 0.1) is 17.2 Å². The van der Waals surface area contributed by atoms with Crippen LogP contribution in [0, 0.1) is 11.3 Å². The summed E-state index contributed by atoms with van der Waals surface area (Å²) in [5, 5.41) is 8.91. The summed E-state index contributed by atoms with van der Waals surface area (Å²) in [5.74, 6) is 0.00370. The van der Waals surface area contributed by atoms with E-state index in [1.54, 1.807) is 11.0 Å². The standard InChI is InChI=1S/C12H12N2O/c1-2-6-14-8-10-5-3-4-9(7-13)11(10)12(14)15/h3-5H,2,6,8H2,1H3. The van der Waals surface area contributed by atoms with Gasteiger partial charge in [0.15, 0.2) is 0 Å². The van der Waals surface area contributed by atoms with Crippen molar-refractivity contribution in [2.45, 2.75) is 19.9 Å². The van der Waals surface area contributed by atoms with E-state index in [0.717, 1.165) is 18.5 Å². The fourth-order valence-electron chi connectivity index (χ4n) is 1.96. The van der Waals surface area contributed by atoms with E-state index in [9.17, 15) is 4.79 Å². The first-order valence-corrected chi connectivity index (χ1v) is 5.09. The van der Waals surface area contributed by atoms with Crippen LogP contribution < -0.4 is 0 Å². The van der Waals surface area contributed by atoms with Gasteiger partial charge in [-0.2, -0.15) is 5.26 Å². The fourth-order valence-corrected chi connectivity index (χ4v) is 1.96. The van der Waals surface area contributed by atoms with Gasteiger partial charge in [-0.25, -0.2) is 0 Å². The average Bonchev–Trinajstić information content (AvgIpc) is 2.57. The van der Waals surface area contributed by atoms with Crippen molar-refractivity contribution >= 4 is 5.91 Å². The molecule has 0 aromatic heterocycles. The minimum atomic E-state index is 0.00370. The molecule has 0 aliphatic carbocycles. The second-order valence-corrected chi connectivity index (χ2v) is 3.68. The third kappa shape index (κ3) is 1.48. The van der Waals surface area contributed by atoms with Crippen LogP contribution in [0.5, 0.6) is 0 Å². The molecule has 1 aromatic carbocycles. The van der Waals surface area contributed by atoms with Gasteiger partial charge in [0.25, 0.3) is 5.91 Å². The normalized spacial score (nSPS) is 13.9. The highest BCUT2D eigenvalue weighted by Crippen LogP contribution is 2.25. The first-order valence-electron chi connectivity index (χ1n) is 5.09. The number of hydrogen-bond donors (Lipinski definition) is 0. The fraction of sp³-hybridized carbons (Fsp3) is 0.333. The van der Waals surface area contributed by atoms with Gasteiger partial charge >= 0.3 is 0 Å². The van der Waals surface area contributed by atoms with Crippen molar-refractivity contribution in [3.8, 4) is 6.07 Å². The molecule has 0 bridgehead atoms. The van der Waals surface area contributed by atoms with Crippen LogP contribution in [0.2, 0.25) is 0 Å². The number of nitriles is 1. The molecular weight excluding hydrogens is 188 g/mol. The van der Waals surface area contributed by atoms with Crippen LogP contribution in [0.15, 0.2) is 18.2 Å². The van der Waals surface area contributed by atoms with E-state index in [2.05, 4.69) is 6.07 Å². The molecule has 0 atom stereocenters. The highest BCUT2D eigenvalue weighted by atomic mass is 16.2. The van der Waals surface area contributed by atoms with Crippen LogP contribution in [-0.4, -0.2) is 17.4 Å². The summed E-state index contributed by atoms with van der Waals surface area (Å²) >= 11 is 0. The molecule has 1 heterocycles. The average molecular weight is 200 g/mol. The van der Waals surface area contributed by atoms with Crippen molar-refractivity contribution in [3.05, 3.63) is 34.9 Å². The smallest absolute Gasteiger partial charge is 0.255 e. The Kier molecular flexibility index (Phi) is 2.42.